The van der Waals surface area contributed by atoms with Crippen LogP contribution in [0.2, 0.25) is 0 Å². The van der Waals surface area contributed by atoms with Gasteiger partial charge in [0.05, 0.1) is 23.6 Å². The third kappa shape index (κ3) is 2.14. The molecule has 0 saturated carbocycles. The summed E-state index contributed by atoms with van der Waals surface area (Å²) in [5.74, 6) is 0. The Kier molecular flexibility index (Phi) is 3.06. The summed E-state index contributed by atoms with van der Waals surface area (Å²) in [5.41, 5.74) is 9.30. The number of benzene rings is 1. The van der Waals surface area contributed by atoms with Crippen LogP contribution in [0.15, 0.2) is 18.2 Å². The van der Waals surface area contributed by atoms with Crippen LogP contribution >= 0.6 is 0 Å². The molecular formula is C13H20N2O. The van der Waals surface area contributed by atoms with Gasteiger partial charge in [-0.15, -0.1) is 0 Å². The summed E-state index contributed by atoms with van der Waals surface area (Å²) < 4.78 is 5.73. The van der Waals surface area contributed by atoms with Gasteiger partial charge in [0.15, 0.2) is 0 Å². The SMILES string of the molecule is Cc1cccc(N2CC(C)OC(C)C2)c1N. The second-order valence-electron chi connectivity index (χ2n) is 4.67. The summed E-state index contributed by atoms with van der Waals surface area (Å²) in [6.07, 6.45) is 0.535. The van der Waals surface area contributed by atoms with Crippen molar-refractivity contribution >= 4 is 11.4 Å². The third-order valence-electron chi connectivity index (χ3n) is 3.06. The van der Waals surface area contributed by atoms with E-state index in [0.29, 0.717) is 0 Å². The number of ether oxygens (including phenoxy) is 1. The van der Waals surface area contributed by atoms with Crippen LogP contribution in [0.3, 0.4) is 0 Å². The van der Waals surface area contributed by atoms with E-state index in [1.54, 1.807) is 0 Å². The van der Waals surface area contributed by atoms with Crippen molar-refractivity contribution in [1.82, 2.24) is 0 Å². The minimum Gasteiger partial charge on any atom is -0.397 e. The Morgan fingerprint density at radius 3 is 2.50 bits per heavy atom. The lowest BCUT2D eigenvalue weighted by atomic mass is 10.1. The molecular weight excluding hydrogens is 200 g/mol. The van der Waals surface area contributed by atoms with E-state index in [0.717, 1.165) is 30.0 Å². The van der Waals surface area contributed by atoms with E-state index in [4.69, 9.17) is 10.5 Å². The van der Waals surface area contributed by atoms with Crippen LogP contribution in [-0.4, -0.2) is 25.3 Å². The minimum atomic E-state index is 0.267. The maximum absolute atomic E-state index is 6.12. The van der Waals surface area contributed by atoms with Crippen molar-refractivity contribution in [3.05, 3.63) is 23.8 Å². The second kappa shape index (κ2) is 4.34. The van der Waals surface area contributed by atoms with Crippen LogP contribution in [0.1, 0.15) is 19.4 Å². The molecule has 2 atom stereocenters. The molecule has 16 heavy (non-hydrogen) atoms. The first-order valence-corrected chi connectivity index (χ1v) is 5.83. The van der Waals surface area contributed by atoms with E-state index in [2.05, 4.69) is 30.9 Å². The van der Waals surface area contributed by atoms with Crippen LogP contribution < -0.4 is 10.6 Å². The molecule has 1 aliphatic rings. The number of morpholine rings is 1. The van der Waals surface area contributed by atoms with Gasteiger partial charge in [-0.1, -0.05) is 12.1 Å². The first-order chi connectivity index (χ1) is 7.58. The number of nitrogen functional groups attached to an aromatic ring is 1. The number of anilines is 2. The maximum atomic E-state index is 6.12. The van der Waals surface area contributed by atoms with E-state index >= 15 is 0 Å². The maximum Gasteiger partial charge on any atom is 0.0726 e. The molecule has 0 radical (unpaired) electrons. The van der Waals surface area contributed by atoms with Gasteiger partial charge in [0, 0.05) is 13.1 Å². The lowest BCUT2D eigenvalue weighted by molar-refractivity contribution is -0.00517. The molecule has 0 spiro atoms. The summed E-state index contributed by atoms with van der Waals surface area (Å²) in [4.78, 5) is 2.32. The summed E-state index contributed by atoms with van der Waals surface area (Å²) in [6, 6.07) is 6.20. The molecule has 2 unspecified atom stereocenters. The molecule has 1 heterocycles. The molecule has 88 valence electrons. The molecule has 3 heteroatoms. The van der Waals surface area contributed by atoms with Crippen LogP contribution in [0.25, 0.3) is 0 Å². The van der Waals surface area contributed by atoms with Crippen LogP contribution in [-0.2, 0) is 4.74 Å². The van der Waals surface area contributed by atoms with Crippen molar-refractivity contribution in [3.8, 4) is 0 Å². The van der Waals surface area contributed by atoms with Gasteiger partial charge < -0.3 is 15.4 Å². The molecule has 0 amide bonds. The van der Waals surface area contributed by atoms with E-state index < -0.39 is 0 Å². The monoisotopic (exact) mass is 220 g/mol. The average Bonchev–Trinajstić information content (AvgIpc) is 2.20. The zero-order chi connectivity index (χ0) is 11.7. The first kappa shape index (κ1) is 11.3. The molecule has 0 aliphatic carbocycles. The van der Waals surface area contributed by atoms with Gasteiger partial charge in [-0.3, -0.25) is 0 Å². The van der Waals surface area contributed by atoms with Crippen LogP contribution in [0.5, 0.6) is 0 Å². The van der Waals surface area contributed by atoms with Crippen LogP contribution in [0, 0.1) is 6.92 Å². The van der Waals surface area contributed by atoms with E-state index in [-0.39, 0.29) is 12.2 Å². The number of rotatable bonds is 1. The van der Waals surface area contributed by atoms with Gasteiger partial charge in [-0.05, 0) is 32.4 Å². The quantitative estimate of drug-likeness (QED) is 0.737. The summed E-state index contributed by atoms with van der Waals surface area (Å²) in [5, 5.41) is 0. The van der Waals surface area contributed by atoms with Gasteiger partial charge in [-0.2, -0.15) is 0 Å². The molecule has 2 rings (SSSR count). The fraction of sp³-hybridized carbons (Fsp3) is 0.538. The normalized spacial score (nSPS) is 25.8. The number of nitrogens with zero attached hydrogens (tertiary/aromatic N) is 1. The smallest absolute Gasteiger partial charge is 0.0726 e. The molecule has 0 aromatic heterocycles. The number of nitrogens with two attached hydrogens (primary N) is 1. The van der Waals surface area contributed by atoms with Gasteiger partial charge in [0.25, 0.3) is 0 Å². The van der Waals surface area contributed by atoms with Crippen molar-refractivity contribution in [1.29, 1.82) is 0 Å². The number of hydrogen-bond donors (Lipinski definition) is 1. The highest BCUT2D eigenvalue weighted by atomic mass is 16.5. The molecule has 1 aromatic carbocycles. The zero-order valence-corrected chi connectivity index (χ0v) is 10.2. The van der Waals surface area contributed by atoms with Gasteiger partial charge >= 0.3 is 0 Å². The molecule has 1 aromatic rings. The lowest BCUT2D eigenvalue weighted by Gasteiger charge is -2.37. The Morgan fingerprint density at radius 1 is 1.25 bits per heavy atom. The predicted molar refractivity (Wildman–Crippen MR) is 67.8 cm³/mol. The number of aryl methyl sites for hydroxylation is 1. The van der Waals surface area contributed by atoms with E-state index in [1.807, 2.05) is 13.0 Å². The Morgan fingerprint density at radius 2 is 1.88 bits per heavy atom. The Labute approximate surface area is 97.2 Å². The minimum absolute atomic E-state index is 0.267. The third-order valence-corrected chi connectivity index (χ3v) is 3.06. The largest absolute Gasteiger partial charge is 0.397 e. The van der Waals surface area contributed by atoms with Crippen molar-refractivity contribution < 1.29 is 4.74 Å². The standard InChI is InChI=1S/C13H20N2O/c1-9-5-4-6-12(13(9)14)15-7-10(2)16-11(3)8-15/h4-6,10-11H,7-8,14H2,1-3H3. The topological polar surface area (TPSA) is 38.5 Å². The second-order valence-corrected chi connectivity index (χ2v) is 4.67. The highest BCUT2D eigenvalue weighted by Gasteiger charge is 2.23. The highest BCUT2D eigenvalue weighted by Crippen LogP contribution is 2.28. The fourth-order valence-electron chi connectivity index (χ4n) is 2.32. The average molecular weight is 220 g/mol. The summed E-state index contributed by atoms with van der Waals surface area (Å²) >= 11 is 0. The Bertz CT molecular complexity index is 368. The zero-order valence-electron chi connectivity index (χ0n) is 10.2. The Balaban J connectivity index is 2.26. The first-order valence-electron chi connectivity index (χ1n) is 5.83. The van der Waals surface area contributed by atoms with E-state index in [9.17, 15) is 0 Å². The van der Waals surface area contributed by atoms with Crippen molar-refractivity contribution in [2.24, 2.45) is 0 Å². The fourth-order valence-corrected chi connectivity index (χ4v) is 2.32. The molecule has 1 saturated heterocycles. The van der Waals surface area contributed by atoms with Crippen molar-refractivity contribution in [2.75, 3.05) is 23.7 Å². The number of hydrogen-bond acceptors (Lipinski definition) is 3. The molecule has 1 fully saturated rings. The van der Waals surface area contributed by atoms with E-state index in [1.165, 1.54) is 0 Å². The van der Waals surface area contributed by atoms with Crippen molar-refractivity contribution in [3.63, 3.8) is 0 Å². The molecule has 0 bridgehead atoms. The molecule has 2 N–H and O–H groups in total. The van der Waals surface area contributed by atoms with Crippen LogP contribution in [0.4, 0.5) is 11.4 Å². The van der Waals surface area contributed by atoms with Gasteiger partial charge in [0.1, 0.15) is 0 Å². The summed E-state index contributed by atoms with van der Waals surface area (Å²) in [6.45, 7) is 8.09. The van der Waals surface area contributed by atoms with Gasteiger partial charge in [-0.25, -0.2) is 0 Å². The van der Waals surface area contributed by atoms with Crippen molar-refractivity contribution in [2.45, 2.75) is 33.0 Å². The Hall–Kier alpha value is -1.22. The molecule has 1 aliphatic heterocycles. The lowest BCUT2D eigenvalue weighted by Crippen LogP contribution is -2.45. The predicted octanol–water partition coefficient (Wildman–Crippen LogP) is 2.19. The molecule has 3 nitrogen and oxygen atoms in total. The highest BCUT2D eigenvalue weighted by molar-refractivity contribution is 5.71. The van der Waals surface area contributed by atoms with Gasteiger partial charge in [0.2, 0.25) is 0 Å². The summed E-state index contributed by atoms with van der Waals surface area (Å²) in [7, 11) is 0. The number of para-hydroxylation sites is 1.